The fraction of sp³-hybridized carbons (Fsp3) is 0.400. The van der Waals surface area contributed by atoms with Crippen LogP contribution in [-0.4, -0.2) is 11.9 Å². The van der Waals surface area contributed by atoms with Crippen LogP contribution in [0.1, 0.15) is 42.8 Å². The average Bonchev–Trinajstić information content (AvgIpc) is 2.77. The van der Waals surface area contributed by atoms with E-state index in [1.807, 2.05) is 18.2 Å². The summed E-state index contributed by atoms with van der Waals surface area (Å²) in [6.07, 6.45) is 3.00. The monoisotopic (exact) mass is 354 g/mol. The number of hydrogen-bond donors (Lipinski definition) is 2. The summed E-state index contributed by atoms with van der Waals surface area (Å²) in [5, 5.41) is 4.02. The number of carbonyl (C=O) groups is 1. The molecule has 0 aliphatic carbocycles. The maximum atomic E-state index is 12.4. The van der Waals surface area contributed by atoms with Gasteiger partial charge in [0.05, 0.1) is 5.69 Å². The van der Waals surface area contributed by atoms with Crippen molar-refractivity contribution in [1.29, 1.82) is 0 Å². The first-order valence-corrected chi connectivity index (χ1v) is 8.46. The Balaban J connectivity index is 2.31. The number of benzene rings is 1. The Morgan fingerprint density at radius 3 is 2.80 bits per heavy atom. The molecule has 3 N–H and O–H groups in total. The molecule has 0 aliphatic heterocycles. The number of nitrogens with one attached hydrogen (secondary N) is 1. The van der Waals surface area contributed by atoms with E-state index in [0.29, 0.717) is 10.6 Å². The minimum atomic E-state index is -0.0594. The Morgan fingerprint density at radius 2 is 2.20 bits per heavy atom. The van der Waals surface area contributed by atoms with Gasteiger partial charge in [-0.3, -0.25) is 4.79 Å². The summed E-state index contributed by atoms with van der Waals surface area (Å²) in [6, 6.07) is 6.11. The van der Waals surface area contributed by atoms with Crippen molar-refractivity contribution in [2.24, 2.45) is 0 Å². The van der Waals surface area contributed by atoms with Crippen LogP contribution in [0.25, 0.3) is 10.1 Å². The van der Waals surface area contributed by atoms with Gasteiger partial charge >= 0.3 is 0 Å². The van der Waals surface area contributed by atoms with Crippen molar-refractivity contribution in [3.8, 4) is 0 Å². The molecule has 5 heteroatoms. The zero-order valence-corrected chi connectivity index (χ0v) is 14.1. The Bertz CT molecular complexity index is 624. The van der Waals surface area contributed by atoms with Crippen LogP contribution in [0.5, 0.6) is 0 Å². The highest BCUT2D eigenvalue weighted by molar-refractivity contribution is 9.10. The van der Waals surface area contributed by atoms with Crippen LogP contribution in [0.3, 0.4) is 0 Å². The van der Waals surface area contributed by atoms with Gasteiger partial charge in [0, 0.05) is 20.6 Å². The van der Waals surface area contributed by atoms with Crippen molar-refractivity contribution >= 4 is 48.9 Å². The number of fused-ring (bicyclic) bond motifs is 1. The Labute approximate surface area is 131 Å². The predicted molar refractivity (Wildman–Crippen MR) is 90.4 cm³/mol. The van der Waals surface area contributed by atoms with E-state index in [4.69, 9.17) is 5.73 Å². The number of nitrogen functional groups attached to an aromatic ring is 1. The number of anilines is 1. The maximum Gasteiger partial charge on any atom is 0.263 e. The van der Waals surface area contributed by atoms with Gasteiger partial charge in [0.25, 0.3) is 5.91 Å². The summed E-state index contributed by atoms with van der Waals surface area (Å²) in [6.45, 7) is 4.21. The molecule has 1 atom stereocenters. The van der Waals surface area contributed by atoms with Gasteiger partial charge < -0.3 is 11.1 Å². The first-order chi connectivity index (χ1) is 9.58. The van der Waals surface area contributed by atoms with E-state index in [-0.39, 0.29) is 11.9 Å². The molecule has 2 rings (SSSR count). The van der Waals surface area contributed by atoms with Gasteiger partial charge in [-0.1, -0.05) is 42.3 Å². The van der Waals surface area contributed by atoms with E-state index >= 15 is 0 Å². The average molecular weight is 355 g/mol. The second-order valence-corrected chi connectivity index (χ2v) is 6.73. The molecule has 1 aromatic heterocycles. The summed E-state index contributed by atoms with van der Waals surface area (Å²) in [5.41, 5.74) is 6.72. The smallest absolute Gasteiger partial charge is 0.263 e. The zero-order valence-electron chi connectivity index (χ0n) is 11.7. The minimum absolute atomic E-state index is 0.0594. The van der Waals surface area contributed by atoms with Crippen molar-refractivity contribution in [1.82, 2.24) is 5.32 Å². The molecule has 3 nitrogen and oxygen atoms in total. The molecule has 20 heavy (non-hydrogen) atoms. The van der Waals surface area contributed by atoms with Crippen molar-refractivity contribution in [2.75, 3.05) is 5.73 Å². The lowest BCUT2D eigenvalue weighted by molar-refractivity contribution is 0.0938. The van der Waals surface area contributed by atoms with E-state index in [2.05, 4.69) is 35.1 Å². The summed E-state index contributed by atoms with van der Waals surface area (Å²) in [4.78, 5) is 13.0. The largest absolute Gasteiger partial charge is 0.397 e. The molecule has 108 valence electrons. The number of carbonyl (C=O) groups excluding carboxylic acids is 1. The van der Waals surface area contributed by atoms with E-state index in [9.17, 15) is 4.79 Å². The molecule has 1 aromatic carbocycles. The predicted octanol–water partition coefficient (Wildman–Crippen LogP) is 4.55. The van der Waals surface area contributed by atoms with Crippen LogP contribution in [0.4, 0.5) is 5.69 Å². The number of halogens is 1. The lowest BCUT2D eigenvalue weighted by Crippen LogP contribution is -2.34. The maximum absolute atomic E-state index is 12.4. The molecule has 2 aromatic rings. The highest BCUT2D eigenvalue weighted by Crippen LogP contribution is 2.38. The van der Waals surface area contributed by atoms with Crippen molar-refractivity contribution < 1.29 is 4.79 Å². The minimum Gasteiger partial charge on any atom is -0.397 e. The van der Waals surface area contributed by atoms with Gasteiger partial charge in [0.2, 0.25) is 0 Å². The lowest BCUT2D eigenvalue weighted by atomic mass is 10.1. The van der Waals surface area contributed by atoms with Gasteiger partial charge in [-0.15, -0.1) is 11.3 Å². The fourth-order valence-electron chi connectivity index (χ4n) is 2.28. The summed E-state index contributed by atoms with van der Waals surface area (Å²) in [5.74, 6) is -0.0594. The first kappa shape index (κ1) is 15.3. The van der Waals surface area contributed by atoms with Crippen LogP contribution in [0, 0.1) is 0 Å². The highest BCUT2D eigenvalue weighted by Gasteiger charge is 2.19. The topological polar surface area (TPSA) is 55.1 Å². The number of nitrogens with two attached hydrogens (primary N) is 1. The molecule has 1 heterocycles. The van der Waals surface area contributed by atoms with Crippen molar-refractivity contribution in [2.45, 2.75) is 39.2 Å². The van der Waals surface area contributed by atoms with E-state index < -0.39 is 0 Å². The van der Waals surface area contributed by atoms with Crippen LogP contribution in [-0.2, 0) is 0 Å². The lowest BCUT2D eigenvalue weighted by Gasteiger charge is -2.15. The molecule has 0 aliphatic rings. The van der Waals surface area contributed by atoms with Crippen LogP contribution < -0.4 is 11.1 Å². The highest BCUT2D eigenvalue weighted by atomic mass is 79.9. The van der Waals surface area contributed by atoms with Gasteiger partial charge in [-0.2, -0.15) is 0 Å². The Kier molecular flexibility index (Phi) is 5.05. The van der Waals surface area contributed by atoms with Crippen LogP contribution >= 0.6 is 27.3 Å². The molecular formula is C15H19BrN2OS. The molecular weight excluding hydrogens is 336 g/mol. The molecule has 1 unspecified atom stereocenters. The summed E-state index contributed by atoms with van der Waals surface area (Å²) >= 11 is 4.94. The van der Waals surface area contributed by atoms with E-state index in [1.165, 1.54) is 11.3 Å². The number of rotatable bonds is 5. The van der Waals surface area contributed by atoms with Crippen molar-refractivity contribution in [3.05, 3.63) is 27.5 Å². The molecule has 0 spiro atoms. The zero-order chi connectivity index (χ0) is 14.7. The molecule has 1 amide bonds. The third-order valence-electron chi connectivity index (χ3n) is 3.37. The van der Waals surface area contributed by atoms with Crippen LogP contribution in [0.2, 0.25) is 0 Å². The van der Waals surface area contributed by atoms with Crippen molar-refractivity contribution in [3.63, 3.8) is 0 Å². The summed E-state index contributed by atoms with van der Waals surface area (Å²) in [7, 11) is 0. The Morgan fingerprint density at radius 1 is 1.45 bits per heavy atom. The molecule has 0 fully saturated rings. The quantitative estimate of drug-likeness (QED) is 0.826. The first-order valence-electron chi connectivity index (χ1n) is 6.85. The summed E-state index contributed by atoms with van der Waals surface area (Å²) < 4.78 is 1.97. The SMILES string of the molecule is CCCC(CC)NC(=O)c1sc2cccc(Br)c2c1N. The molecule has 0 saturated carbocycles. The van der Waals surface area contributed by atoms with Gasteiger partial charge in [-0.25, -0.2) is 0 Å². The Hall–Kier alpha value is -1.07. The fourth-order valence-corrected chi connectivity index (χ4v) is 4.04. The molecule has 0 radical (unpaired) electrons. The van der Waals surface area contributed by atoms with Gasteiger partial charge in [0.15, 0.2) is 0 Å². The third-order valence-corrected chi connectivity index (χ3v) is 5.20. The molecule has 0 bridgehead atoms. The van der Waals surface area contributed by atoms with E-state index in [1.54, 1.807) is 0 Å². The second kappa shape index (κ2) is 6.59. The number of thiophene rings is 1. The number of amides is 1. The number of hydrogen-bond acceptors (Lipinski definition) is 3. The van der Waals surface area contributed by atoms with Gasteiger partial charge in [-0.05, 0) is 25.0 Å². The third kappa shape index (κ3) is 2.99. The van der Waals surface area contributed by atoms with E-state index in [0.717, 1.165) is 33.8 Å². The normalized spacial score (nSPS) is 12.6. The van der Waals surface area contributed by atoms with Gasteiger partial charge in [0.1, 0.15) is 4.88 Å². The second-order valence-electron chi connectivity index (χ2n) is 4.83. The standard InChI is InChI=1S/C15H19BrN2OS/c1-3-6-9(4-2)18-15(19)14-13(17)12-10(16)7-5-8-11(12)20-14/h5,7-9H,3-4,6,17H2,1-2H3,(H,18,19). The van der Waals surface area contributed by atoms with Crippen LogP contribution in [0.15, 0.2) is 22.7 Å². The molecule has 0 saturated heterocycles.